The van der Waals surface area contributed by atoms with Crippen LogP contribution in [-0.2, 0) is 10.0 Å². The Bertz CT molecular complexity index is 813. The lowest BCUT2D eigenvalue weighted by Gasteiger charge is -2.16. The number of phenolic OH excluding ortho intramolecular Hbond substituents is 2. The summed E-state index contributed by atoms with van der Waals surface area (Å²) in [7, 11) is -3.43. The first-order valence-corrected chi connectivity index (χ1v) is 9.06. The summed E-state index contributed by atoms with van der Waals surface area (Å²) in [4.78, 5) is 0. The molecule has 3 N–H and O–H groups in total. The van der Waals surface area contributed by atoms with Crippen molar-refractivity contribution in [3.8, 4) is 22.6 Å². The minimum atomic E-state index is -3.43. The van der Waals surface area contributed by atoms with Crippen molar-refractivity contribution < 1.29 is 18.6 Å². The van der Waals surface area contributed by atoms with Gasteiger partial charge in [0.25, 0.3) is 0 Å². The summed E-state index contributed by atoms with van der Waals surface area (Å²) in [5, 5.41) is 20.1. The van der Waals surface area contributed by atoms with E-state index in [1.54, 1.807) is 37.3 Å². The third kappa shape index (κ3) is 3.76. The predicted molar refractivity (Wildman–Crippen MR) is 92.4 cm³/mol. The molecule has 6 heteroatoms. The number of benzene rings is 2. The average Bonchev–Trinajstić information content (AvgIpc) is 2.47. The van der Waals surface area contributed by atoms with Crippen molar-refractivity contribution in [2.45, 2.75) is 26.7 Å². The molecule has 0 atom stereocenters. The highest BCUT2D eigenvalue weighted by Crippen LogP contribution is 2.40. The molecule has 0 heterocycles. The monoisotopic (exact) mass is 335 g/mol. The first-order valence-electron chi connectivity index (χ1n) is 7.41. The molecule has 0 aliphatic rings. The van der Waals surface area contributed by atoms with Crippen LogP contribution < -0.4 is 4.72 Å². The van der Waals surface area contributed by atoms with Crippen molar-refractivity contribution in [2.24, 2.45) is 0 Å². The van der Waals surface area contributed by atoms with Crippen molar-refractivity contribution in [2.75, 3.05) is 10.5 Å². The van der Waals surface area contributed by atoms with Crippen molar-refractivity contribution in [3.05, 3.63) is 42.0 Å². The maximum Gasteiger partial charge on any atom is 0.232 e. The molecule has 0 saturated heterocycles. The molecule has 0 amide bonds. The highest BCUT2D eigenvalue weighted by molar-refractivity contribution is 7.92. The minimum Gasteiger partial charge on any atom is -0.508 e. The number of aromatic hydroxyl groups is 2. The molecule has 2 rings (SSSR count). The molecule has 0 fully saturated rings. The lowest BCUT2D eigenvalue weighted by molar-refractivity contribution is 0.445. The van der Waals surface area contributed by atoms with E-state index in [0.717, 1.165) is 0 Å². The normalized spacial score (nSPS) is 11.7. The second-order valence-electron chi connectivity index (χ2n) is 5.63. The van der Waals surface area contributed by atoms with Gasteiger partial charge in [0.1, 0.15) is 11.5 Å². The molecule has 5 nitrogen and oxygen atoms in total. The van der Waals surface area contributed by atoms with Gasteiger partial charge in [0.2, 0.25) is 10.0 Å². The number of nitrogens with one attached hydrogen (secondary N) is 1. The molecule has 0 aliphatic carbocycles. The van der Waals surface area contributed by atoms with Crippen LogP contribution in [0.2, 0.25) is 0 Å². The van der Waals surface area contributed by atoms with Gasteiger partial charge >= 0.3 is 0 Å². The van der Waals surface area contributed by atoms with E-state index >= 15 is 0 Å². The summed E-state index contributed by atoms with van der Waals surface area (Å²) < 4.78 is 26.2. The Balaban J connectivity index is 2.61. The van der Waals surface area contributed by atoms with Crippen molar-refractivity contribution in [1.82, 2.24) is 0 Å². The molecule has 0 spiro atoms. The van der Waals surface area contributed by atoms with E-state index in [1.165, 1.54) is 6.07 Å². The number of hydrogen-bond donors (Lipinski definition) is 3. The number of phenols is 2. The summed E-state index contributed by atoms with van der Waals surface area (Å²) in [5.41, 5.74) is 2.11. The van der Waals surface area contributed by atoms with Gasteiger partial charge in [0.05, 0.1) is 11.4 Å². The third-order valence-electron chi connectivity index (χ3n) is 3.63. The van der Waals surface area contributed by atoms with Crippen molar-refractivity contribution in [3.63, 3.8) is 0 Å². The van der Waals surface area contributed by atoms with Gasteiger partial charge in [-0.05, 0) is 30.5 Å². The fourth-order valence-corrected chi connectivity index (χ4v) is 2.98. The molecule has 124 valence electrons. The standard InChI is InChI=1S/C17H21NO4S/c1-4-23(21,22)18-15-8-6-5-7-12(15)14-9-13(11(2)3)16(19)10-17(14)20/h5-11,18-20H,4H2,1-3H3. The number of anilines is 1. The third-order valence-corrected chi connectivity index (χ3v) is 4.92. The molecule has 23 heavy (non-hydrogen) atoms. The smallest absolute Gasteiger partial charge is 0.232 e. The van der Waals surface area contributed by atoms with Gasteiger partial charge in [0, 0.05) is 17.2 Å². The van der Waals surface area contributed by atoms with Gasteiger partial charge in [0.15, 0.2) is 0 Å². The van der Waals surface area contributed by atoms with Crippen LogP contribution in [0.5, 0.6) is 11.5 Å². The highest BCUT2D eigenvalue weighted by atomic mass is 32.2. The second-order valence-corrected chi connectivity index (χ2v) is 7.64. The zero-order chi connectivity index (χ0) is 17.2. The number of rotatable bonds is 5. The Morgan fingerprint density at radius 1 is 1.04 bits per heavy atom. The van der Waals surface area contributed by atoms with Gasteiger partial charge in [-0.25, -0.2) is 8.42 Å². The fourth-order valence-electron chi connectivity index (χ4n) is 2.32. The quantitative estimate of drug-likeness (QED) is 0.778. The highest BCUT2D eigenvalue weighted by Gasteiger charge is 2.17. The van der Waals surface area contributed by atoms with Crippen LogP contribution in [0.4, 0.5) is 5.69 Å². The first kappa shape index (κ1) is 17.1. The maximum absolute atomic E-state index is 11.9. The van der Waals surface area contributed by atoms with Crippen LogP contribution in [0.1, 0.15) is 32.3 Å². The SMILES string of the molecule is CCS(=O)(=O)Nc1ccccc1-c1cc(C(C)C)c(O)cc1O. The maximum atomic E-state index is 11.9. The summed E-state index contributed by atoms with van der Waals surface area (Å²) in [6.45, 7) is 5.42. The topological polar surface area (TPSA) is 86.6 Å². The summed E-state index contributed by atoms with van der Waals surface area (Å²) in [6.07, 6.45) is 0. The van der Waals surface area contributed by atoms with Crippen LogP contribution in [0.15, 0.2) is 36.4 Å². The molecule has 0 unspecified atom stereocenters. The van der Waals surface area contributed by atoms with E-state index in [4.69, 9.17) is 0 Å². The second kappa shape index (κ2) is 6.50. The molecule has 0 saturated carbocycles. The van der Waals surface area contributed by atoms with E-state index in [2.05, 4.69) is 4.72 Å². The molecule has 2 aromatic rings. The molecule has 0 bridgehead atoms. The van der Waals surface area contributed by atoms with Gasteiger partial charge in [-0.3, -0.25) is 4.72 Å². The number of hydrogen-bond acceptors (Lipinski definition) is 4. The van der Waals surface area contributed by atoms with E-state index in [-0.39, 0.29) is 23.2 Å². The summed E-state index contributed by atoms with van der Waals surface area (Å²) in [6, 6.07) is 9.83. The van der Waals surface area contributed by atoms with E-state index in [1.807, 2.05) is 13.8 Å². The average molecular weight is 335 g/mol. The molecule has 0 radical (unpaired) electrons. The molecule has 0 aliphatic heterocycles. The van der Waals surface area contributed by atoms with Gasteiger partial charge < -0.3 is 10.2 Å². The Morgan fingerprint density at radius 2 is 1.70 bits per heavy atom. The van der Waals surface area contributed by atoms with Gasteiger partial charge in [-0.1, -0.05) is 32.0 Å². The van der Waals surface area contributed by atoms with E-state index < -0.39 is 10.0 Å². The van der Waals surface area contributed by atoms with Crippen molar-refractivity contribution in [1.29, 1.82) is 0 Å². The summed E-state index contributed by atoms with van der Waals surface area (Å²) in [5.74, 6) is -0.0584. The largest absolute Gasteiger partial charge is 0.508 e. The molecule has 2 aromatic carbocycles. The molecular formula is C17H21NO4S. The van der Waals surface area contributed by atoms with Gasteiger partial charge in [-0.15, -0.1) is 0 Å². The Kier molecular flexibility index (Phi) is 4.85. The van der Waals surface area contributed by atoms with Crippen LogP contribution in [-0.4, -0.2) is 24.4 Å². The van der Waals surface area contributed by atoms with E-state index in [9.17, 15) is 18.6 Å². The van der Waals surface area contributed by atoms with Crippen LogP contribution in [0, 0.1) is 0 Å². The van der Waals surface area contributed by atoms with Crippen LogP contribution in [0.25, 0.3) is 11.1 Å². The van der Waals surface area contributed by atoms with Gasteiger partial charge in [-0.2, -0.15) is 0 Å². The van der Waals surface area contributed by atoms with Crippen LogP contribution >= 0.6 is 0 Å². The van der Waals surface area contributed by atoms with Crippen LogP contribution in [0.3, 0.4) is 0 Å². The predicted octanol–water partition coefficient (Wildman–Crippen LogP) is 3.65. The Hall–Kier alpha value is -2.21. The minimum absolute atomic E-state index is 0.0212. The fraction of sp³-hybridized carbons (Fsp3) is 0.294. The zero-order valence-electron chi connectivity index (χ0n) is 13.4. The van der Waals surface area contributed by atoms with Crippen molar-refractivity contribution >= 4 is 15.7 Å². The summed E-state index contributed by atoms with van der Waals surface area (Å²) >= 11 is 0. The Labute approximate surface area is 136 Å². The lowest BCUT2D eigenvalue weighted by Crippen LogP contribution is -2.15. The van der Waals surface area contributed by atoms with E-state index in [0.29, 0.717) is 22.4 Å². The molecule has 0 aromatic heterocycles. The number of para-hydroxylation sites is 1. The first-order chi connectivity index (χ1) is 10.7. The molecular weight excluding hydrogens is 314 g/mol. The zero-order valence-corrected chi connectivity index (χ0v) is 14.2. The Morgan fingerprint density at radius 3 is 2.30 bits per heavy atom. The lowest BCUT2D eigenvalue weighted by atomic mass is 9.95. The number of sulfonamides is 1.